The number of hydrogen-bond acceptors (Lipinski definition) is 4. The second-order valence-corrected chi connectivity index (χ2v) is 5.72. The van der Waals surface area contributed by atoms with Gasteiger partial charge in [0.2, 0.25) is 5.91 Å². The molecule has 0 spiro atoms. The number of anilines is 1. The van der Waals surface area contributed by atoms with Crippen molar-refractivity contribution in [2.75, 3.05) is 11.4 Å². The minimum absolute atomic E-state index is 0.00650. The smallest absolute Gasteiger partial charge is 0.405 e. The summed E-state index contributed by atoms with van der Waals surface area (Å²) in [5, 5.41) is 21.9. The van der Waals surface area contributed by atoms with Gasteiger partial charge in [0.25, 0.3) is 5.69 Å². The largest absolute Gasteiger partial charge is 0.465 e. The maximum absolute atomic E-state index is 14.6. The zero-order valence-electron chi connectivity index (χ0n) is 13.4. The molecule has 3 rings (SSSR count). The summed E-state index contributed by atoms with van der Waals surface area (Å²) in [6.45, 7) is 0.172. The van der Waals surface area contributed by atoms with Crippen LogP contribution in [-0.2, 0) is 4.79 Å². The van der Waals surface area contributed by atoms with E-state index in [9.17, 15) is 24.1 Å². The molecule has 2 amide bonds. The molecule has 2 N–H and O–H groups in total. The number of rotatable bonds is 4. The van der Waals surface area contributed by atoms with E-state index < -0.39 is 28.8 Å². The van der Waals surface area contributed by atoms with Crippen molar-refractivity contribution < 1.29 is 24.0 Å². The van der Waals surface area contributed by atoms with E-state index in [1.807, 2.05) is 0 Å². The predicted octanol–water partition coefficient (Wildman–Crippen LogP) is 2.77. The third kappa shape index (κ3) is 3.18. The van der Waals surface area contributed by atoms with Crippen molar-refractivity contribution in [2.24, 2.45) is 0 Å². The van der Waals surface area contributed by atoms with E-state index in [2.05, 4.69) is 5.32 Å². The first-order chi connectivity index (χ1) is 12.4. The highest BCUT2D eigenvalue weighted by molar-refractivity contribution is 6.01. The van der Waals surface area contributed by atoms with Crippen LogP contribution in [0, 0.1) is 15.9 Å². The third-order valence-corrected chi connectivity index (χ3v) is 4.15. The topological polar surface area (TPSA) is 113 Å². The summed E-state index contributed by atoms with van der Waals surface area (Å²) in [6, 6.07) is 9.04. The monoisotopic (exact) mass is 359 g/mol. The van der Waals surface area contributed by atoms with Gasteiger partial charge in [-0.2, -0.15) is 0 Å². The molecule has 134 valence electrons. The standard InChI is InChI=1S/C17H14FN3O5/c18-12-9-10(11-3-1-2-4-14(11)21(25)26)5-6-15(12)20-8-7-13(16(20)22)19-17(23)24/h1-6,9,13,19H,7-8H2,(H,23,24). The number of carbonyl (C=O) groups excluding carboxylic acids is 1. The van der Waals surface area contributed by atoms with Gasteiger partial charge in [0, 0.05) is 12.6 Å². The maximum Gasteiger partial charge on any atom is 0.405 e. The molecule has 1 fully saturated rings. The summed E-state index contributed by atoms with van der Waals surface area (Å²) in [7, 11) is 0. The Morgan fingerprint density at radius 1 is 1.31 bits per heavy atom. The van der Waals surface area contributed by atoms with E-state index in [0.717, 1.165) is 6.07 Å². The Labute approximate surface area is 147 Å². The van der Waals surface area contributed by atoms with Gasteiger partial charge in [0.1, 0.15) is 11.9 Å². The molecule has 26 heavy (non-hydrogen) atoms. The lowest BCUT2D eigenvalue weighted by Crippen LogP contribution is -2.41. The lowest BCUT2D eigenvalue weighted by Gasteiger charge is -2.18. The van der Waals surface area contributed by atoms with Gasteiger partial charge in [-0.1, -0.05) is 18.2 Å². The molecule has 1 aliphatic heterocycles. The van der Waals surface area contributed by atoms with E-state index >= 15 is 0 Å². The Bertz CT molecular complexity index is 902. The molecule has 0 bridgehead atoms. The average Bonchev–Trinajstić information content (AvgIpc) is 2.95. The van der Waals surface area contributed by atoms with E-state index in [0.29, 0.717) is 5.56 Å². The fourth-order valence-corrected chi connectivity index (χ4v) is 2.97. The summed E-state index contributed by atoms with van der Waals surface area (Å²) in [4.78, 5) is 34.7. The van der Waals surface area contributed by atoms with Crippen molar-refractivity contribution in [1.29, 1.82) is 0 Å². The number of carbonyl (C=O) groups is 2. The molecule has 9 heteroatoms. The maximum atomic E-state index is 14.6. The van der Waals surface area contributed by atoms with Crippen LogP contribution in [0.5, 0.6) is 0 Å². The molecule has 0 aliphatic carbocycles. The number of nitro groups is 1. The van der Waals surface area contributed by atoms with E-state index in [1.54, 1.807) is 6.07 Å². The van der Waals surface area contributed by atoms with Crippen LogP contribution in [0.1, 0.15) is 6.42 Å². The fraction of sp³-hybridized carbons (Fsp3) is 0.176. The second-order valence-electron chi connectivity index (χ2n) is 5.72. The Morgan fingerprint density at radius 3 is 2.69 bits per heavy atom. The Hall–Kier alpha value is -3.49. The summed E-state index contributed by atoms with van der Waals surface area (Å²) in [5.41, 5.74) is 0.432. The number of carboxylic acid groups (broad SMARTS) is 1. The van der Waals surface area contributed by atoms with Gasteiger partial charge >= 0.3 is 6.09 Å². The lowest BCUT2D eigenvalue weighted by atomic mass is 10.0. The highest BCUT2D eigenvalue weighted by Crippen LogP contribution is 2.33. The van der Waals surface area contributed by atoms with Gasteiger partial charge in [-0.05, 0) is 30.2 Å². The van der Waals surface area contributed by atoms with Crippen LogP contribution in [0.4, 0.5) is 20.6 Å². The highest BCUT2D eigenvalue weighted by Gasteiger charge is 2.35. The molecule has 8 nitrogen and oxygen atoms in total. The normalized spacial score (nSPS) is 16.6. The Balaban J connectivity index is 1.91. The number of benzene rings is 2. The predicted molar refractivity (Wildman–Crippen MR) is 90.4 cm³/mol. The third-order valence-electron chi connectivity index (χ3n) is 4.15. The zero-order chi connectivity index (χ0) is 18.8. The van der Waals surface area contributed by atoms with Gasteiger partial charge in [0.05, 0.1) is 16.2 Å². The summed E-state index contributed by atoms with van der Waals surface area (Å²) in [5.74, 6) is -1.25. The van der Waals surface area contributed by atoms with E-state index in [4.69, 9.17) is 5.11 Å². The quantitative estimate of drug-likeness (QED) is 0.644. The molecule has 1 atom stereocenters. The summed E-state index contributed by atoms with van der Waals surface area (Å²) >= 11 is 0. The molecule has 1 saturated heterocycles. The van der Waals surface area contributed by atoms with Crippen LogP contribution in [0.25, 0.3) is 11.1 Å². The van der Waals surface area contributed by atoms with Crippen LogP contribution < -0.4 is 10.2 Å². The van der Waals surface area contributed by atoms with E-state index in [1.165, 1.54) is 35.2 Å². The number of amides is 2. The van der Waals surface area contributed by atoms with Gasteiger partial charge < -0.3 is 15.3 Å². The van der Waals surface area contributed by atoms with Crippen LogP contribution in [0.15, 0.2) is 42.5 Å². The van der Waals surface area contributed by atoms with E-state index in [-0.39, 0.29) is 29.9 Å². The Morgan fingerprint density at radius 2 is 2.04 bits per heavy atom. The first-order valence-corrected chi connectivity index (χ1v) is 7.72. The Kier molecular flexibility index (Phi) is 4.53. The number of nitro benzene ring substituents is 1. The first kappa shape index (κ1) is 17.3. The van der Waals surface area contributed by atoms with Crippen molar-refractivity contribution in [3.63, 3.8) is 0 Å². The highest BCUT2D eigenvalue weighted by atomic mass is 19.1. The molecule has 1 unspecified atom stereocenters. The van der Waals surface area contributed by atoms with Crippen LogP contribution >= 0.6 is 0 Å². The molecular formula is C17H14FN3O5. The summed E-state index contributed by atoms with van der Waals surface area (Å²) in [6.07, 6.45) is -1.09. The van der Waals surface area contributed by atoms with Crippen molar-refractivity contribution in [3.8, 4) is 11.1 Å². The van der Waals surface area contributed by atoms with Gasteiger partial charge in [-0.3, -0.25) is 14.9 Å². The van der Waals surface area contributed by atoms with Crippen molar-refractivity contribution in [1.82, 2.24) is 5.32 Å². The SMILES string of the molecule is O=C(O)NC1CCN(c2ccc(-c3ccccc3[N+](=O)[O-])cc2F)C1=O. The van der Waals surface area contributed by atoms with Crippen LogP contribution in [0.3, 0.4) is 0 Å². The minimum atomic E-state index is -1.32. The fourth-order valence-electron chi connectivity index (χ4n) is 2.97. The number of nitrogens with zero attached hydrogens (tertiary/aromatic N) is 2. The van der Waals surface area contributed by atoms with Crippen LogP contribution in [-0.4, -0.2) is 34.6 Å². The number of halogens is 1. The minimum Gasteiger partial charge on any atom is -0.465 e. The van der Waals surface area contributed by atoms with Crippen molar-refractivity contribution in [3.05, 3.63) is 58.4 Å². The zero-order valence-corrected chi connectivity index (χ0v) is 13.4. The average molecular weight is 359 g/mol. The van der Waals surface area contributed by atoms with Crippen molar-refractivity contribution >= 4 is 23.4 Å². The molecular weight excluding hydrogens is 345 g/mol. The number of para-hydroxylation sites is 1. The molecule has 0 saturated carbocycles. The van der Waals surface area contributed by atoms with Crippen molar-refractivity contribution in [2.45, 2.75) is 12.5 Å². The first-order valence-electron chi connectivity index (χ1n) is 7.72. The molecule has 1 aliphatic rings. The second kappa shape index (κ2) is 6.79. The molecule has 2 aromatic carbocycles. The molecule has 2 aromatic rings. The molecule has 1 heterocycles. The molecule has 0 radical (unpaired) electrons. The van der Waals surface area contributed by atoms with Gasteiger partial charge in [-0.25, -0.2) is 9.18 Å². The number of nitrogens with one attached hydrogen (secondary N) is 1. The van der Waals surface area contributed by atoms with Gasteiger partial charge in [0.15, 0.2) is 0 Å². The van der Waals surface area contributed by atoms with Crippen LogP contribution in [0.2, 0.25) is 0 Å². The lowest BCUT2D eigenvalue weighted by molar-refractivity contribution is -0.384. The van der Waals surface area contributed by atoms with Gasteiger partial charge in [-0.15, -0.1) is 0 Å². The molecule has 0 aromatic heterocycles. The summed E-state index contributed by atoms with van der Waals surface area (Å²) < 4.78 is 14.6. The number of hydrogen-bond donors (Lipinski definition) is 2.